The molecule has 0 aliphatic carbocycles. The summed E-state index contributed by atoms with van der Waals surface area (Å²) in [4.78, 5) is 25.0. The molecule has 2 N–H and O–H groups in total. The van der Waals surface area contributed by atoms with Crippen LogP contribution in [0.3, 0.4) is 0 Å². The highest BCUT2D eigenvalue weighted by Crippen LogP contribution is 2.33. The van der Waals surface area contributed by atoms with Crippen molar-refractivity contribution < 1.29 is 14.7 Å². The molecule has 0 saturated carbocycles. The number of anilines is 1. The molecule has 1 fully saturated rings. The number of carbonyl (C=O) groups excluding carboxylic acids is 1. The molecule has 21 heavy (non-hydrogen) atoms. The average Bonchev–Trinajstić information content (AvgIpc) is 2.75. The zero-order valence-corrected chi connectivity index (χ0v) is 14.9. The van der Waals surface area contributed by atoms with E-state index in [9.17, 15) is 9.59 Å². The molecule has 2 atom stereocenters. The average molecular weight is 420 g/mol. The molecule has 1 aromatic carbocycles. The van der Waals surface area contributed by atoms with Crippen LogP contribution in [0.2, 0.25) is 0 Å². The van der Waals surface area contributed by atoms with Crippen LogP contribution >= 0.6 is 31.9 Å². The van der Waals surface area contributed by atoms with Gasteiger partial charge in [-0.2, -0.15) is 0 Å². The number of nitrogens with zero attached hydrogens (tertiary/aromatic N) is 1. The molecule has 2 amide bonds. The quantitative estimate of drug-likeness (QED) is 0.767. The predicted octanol–water partition coefficient (Wildman–Crippen LogP) is 3.70. The number of carbonyl (C=O) groups is 2. The van der Waals surface area contributed by atoms with Crippen molar-refractivity contribution >= 4 is 49.5 Å². The van der Waals surface area contributed by atoms with Crippen molar-refractivity contribution in [2.45, 2.75) is 13.8 Å². The van der Waals surface area contributed by atoms with E-state index in [1.54, 1.807) is 4.90 Å². The number of rotatable bonds is 2. The Balaban J connectivity index is 2.11. The molecule has 7 heteroatoms. The Morgan fingerprint density at radius 2 is 1.86 bits per heavy atom. The summed E-state index contributed by atoms with van der Waals surface area (Å²) in [5, 5.41) is 11.9. The summed E-state index contributed by atoms with van der Waals surface area (Å²) in [5.41, 5.74) is 1.71. The number of carboxylic acids is 1. The fourth-order valence-electron chi connectivity index (χ4n) is 2.46. The van der Waals surface area contributed by atoms with Crippen molar-refractivity contribution in [1.29, 1.82) is 0 Å². The Morgan fingerprint density at radius 1 is 1.29 bits per heavy atom. The zero-order valence-electron chi connectivity index (χ0n) is 11.7. The SMILES string of the molecule is Cc1cc(Br)c(NC(=O)N2CC(C)C(C(=O)O)C2)c(Br)c1. The minimum atomic E-state index is -0.851. The Hall–Kier alpha value is -1.08. The van der Waals surface area contributed by atoms with Gasteiger partial charge in [0.15, 0.2) is 0 Å². The number of benzene rings is 1. The van der Waals surface area contributed by atoms with Gasteiger partial charge in [-0.05, 0) is 62.4 Å². The van der Waals surface area contributed by atoms with Gasteiger partial charge in [-0.3, -0.25) is 4.79 Å². The zero-order chi connectivity index (χ0) is 15.7. The second-order valence-electron chi connectivity index (χ2n) is 5.36. The van der Waals surface area contributed by atoms with Crippen LogP contribution < -0.4 is 5.32 Å². The summed E-state index contributed by atoms with van der Waals surface area (Å²) in [7, 11) is 0. The summed E-state index contributed by atoms with van der Waals surface area (Å²) < 4.78 is 1.56. The van der Waals surface area contributed by atoms with E-state index in [-0.39, 0.29) is 18.5 Å². The highest BCUT2D eigenvalue weighted by atomic mass is 79.9. The molecule has 1 heterocycles. The molecule has 1 aromatic rings. The lowest BCUT2D eigenvalue weighted by atomic mass is 9.99. The predicted molar refractivity (Wildman–Crippen MR) is 87.5 cm³/mol. The first-order chi connectivity index (χ1) is 9.79. The van der Waals surface area contributed by atoms with E-state index >= 15 is 0 Å². The van der Waals surface area contributed by atoms with E-state index < -0.39 is 11.9 Å². The first-order valence-corrected chi connectivity index (χ1v) is 8.12. The maximum atomic E-state index is 12.3. The number of likely N-dealkylation sites (tertiary alicyclic amines) is 1. The number of urea groups is 1. The molecule has 114 valence electrons. The summed E-state index contributed by atoms with van der Waals surface area (Å²) in [6, 6.07) is 3.54. The lowest BCUT2D eigenvalue weighted by molar-refractivity contribution is -0.142. The third kappa shape index (κ3) is 3.58. The van der Waals surface area contributed by atoms with Crippen LogP contribution in [0.25, 0.3) is 0 Å². The van der Waals surface area contributed by atoms with Gasteiger partial charge in [0.25, 0.3) is 0 Å². The minimum Gasteiger partial charge on any atom is -0.481 e. The summed E-state index contributed by atoms with van der Waals surface area (Å²) in [6.07, 6.45) is 0. The lowest BCUT2D eigenvalue weighted by Crippen LogP contribution is -2.34. The van der Waals surface area contributed by atoms with Crippen molar-refractivity contribution in [3.63, 3.8) is 0 Å². The van der Waals surface area contributed by atoms with Crippen molar-refractivity contribution in [3.05, 3.63) is 26.6 Å². The summed E-state index contributed by atoms with van der Waals surface area (Å²) in [6.45, 7) is 4.50. The van der Waals surface area contributed by atoms with Crippen LogP contribution in [0.1, 0.15) is 12.5 Å². The highest BCUT2D eigenvalue weighted by Gasteiger charge is 2.37. The number of aryl methyl sites for hydroxylation is 1. The molecule has 2 rings (SSSR count). The second kappa shape index (κ2) is 6.36. The highest BCUT2D eigenvalue weighted by molar-refractivity contribution is 9.11. The van der Waals surface area contributed by atoms with E-state index in [4.69, 9.17) is 5.11 Å². The molecule has 2 unspecified atom stereocenters. The molecule has 0 spiro atoms. The Bertz CT molecular complexity index is 569. The number of carboxylic acid groups (broad SMARTS) is 1. The van der Waals surface area contributed by atoms with Gasteiger partial charge in [0.05, 0.1) is 11.6 Å². The van der Waals surface area contributed by atoms with E-state index in [2.05, 4.69) is 37.2 Å². The number of nitrogens with one attached hydrogen (secondary N) is 1. The van der Waals surface area contributed by atoms with Gasteiger partial charge in [0.2, 0.25) is 0 Å². The molecule has 5 nitrogen and oxygen atoms in total. The van der Waals surface area contributed by atoms with Gasteiger partial charge >= 0.3 is 12.0 Å². The second-order valence-corrected chi connectivity index (χ2v) is 7.07. The van der Waals surface area contributed by atoms with Gasteiger partial charge < -0.3 is 15.3 Å². The Kier molecular flexibility index (Phi) is 4.93. The molecule has 1 aliphatic rings. The third-order valence-corrected chi connectivity index (χ3v) is 4.89. The maximum absolute atomic E-state index is 12.3. The van der Waals surface area contributed by atoms with E-state index in [0.717, 1.165) is 14.5 Å². The fourth-order valence-corrected chi connectivity index (χ4v) is 4.07. The third-order valence-electron chi connectivity index (χ3n) is 3.64. The van der Waals surface area contributed by atoms with Crippen LogP contribution in [0.15, 0.2) is 21.1 Å². The van der Waals surface area contributed by atoms with Crippen molar-refractivity contribution in [2.75, 3.05) is 18.4 Å². The number of aliphatic carboxylic acids is 1. The molecule has 1 aliphatic heterocycles. The van der Waals surface area contributed by atoms with Crippen LogP contribution in [-0.4, -0.2) is 35.1 Å². The number of hydrogen-bond acceptors (Lipinski definition) is 2. The normalized spacial score (nSPS) is 21.4. The molecule has 1 saturated heterocycles. The van der Waals surface area contributed by atoms with Crippen LogP contribution in [-0.2, 0) is 4.79 Å². The van der Waals surface area contributed by atoms with Gasteiger partial charge in [-0.1, -0.05) is 6.92 Å². The lowest BCUT2D eigenvalue weighted by Gasteiger charge is -2.18. The summed E-state index contributed by atoms with van der Waals surface area (Å²) in [5.74, 6) is -1.39. The topological polar surface area (TPSA) is 69.6 Å². The maximum Gasteiger partial charge on any atom is 0.321 e. The largest absolute Gasteiger partial charge is 0.481 e. The minimum absolute atomic E-state index is 0.0434. The van der Waals surface area contributed by atoms with E-state index in [0.29, 0.717) is 12.2 Å². The van der Waals surface area contributed by atoms with E-state index in [1.165, 1.54) is 0 Å². The monoisotopic (exact) mass is 418 g/mol. The van der Waals surface area contributed by atoms with Crippen molar-refractivity contribution in [1.82, 2.24) is 4.90 Å². The summed E-state index contributed by atoms with van der Waals surface area (Å²) >= 11 is 6.85. The fraction of sp³-hybridized carbons (Fsp3) is 0.429. The van der Waals surface area contributed by atoms with Gasteiger partial charge in [-0.15, -0.1) is 0 Å². The molecule has 0 bridgehead atoms. The van der Waals surface area contributed by atoms with Gasteiger partial charge in [0.1, 0.15) is 0 Å². The van der Waals surface area contributed by atoms with Crippen LogP contribution in [0.5, 0.6) is 0 Å². The number of amides is 2. The Morgan fingerprint density at radius 3 is 2.33 bits per heavy atom. The standard InChI is InChI=1S/C14H16Br2N2O3/c1-7-3-10(15)12(11(16)4-7)17-14(21)18-5-8(2)9(6-18)13(19)20/h3-4,8-9H,5-6H2,1-2H3,(H,17,21)(H,19,20). The molecular formula is C14H16Br2N2O3. The first-order valence-electron chi connectivity index (χ1n) is 6.54. The first kappa shape index (κ1) is 16.3. The van der Waals surface area contributed by atoms with Gasteiger partial charge in [0, 0.05) is 22.0 Å². The number of hydrogen-bond donors (Lipinski definition) is 2. The van der Waals surface area contributed by atoms with Crippen molar-refractivity contribution in [3.8, 4) is 0 Å². The molecule has 0 radical (unpaired) electrons. The van der Waals surface area contributed by atoms with Crippen LogP contribution in [0.4, 0.5) is 10.5 Å². The molecule has 0 aromatic heterocycles. The smallest absolute Gasteiger partial charge is 0.321 e. The Labute approximate surface area is 140 Å². The van der Waals surface area contributed by atoms with Crippen molar-refractivity contribution in [2.24, 2.45) is 11.8 Å². The van der Waals surface area contributed by atoms with E-state index in [1.807, 2.05) is 26.0 Å². The molecular weight excluding hydrogens is 404 g/mol. The van der Waals surface area contributed by atoms with Crippen LogP contribution in [0, 0.1) is 18.8 Å². The number of halogens is 2. The van der Waals surface area contributed by atoms with Gasteiger partial charge in [-0.25, -0.2) is 4.79 Å².